The quantitative estimate of drug-likeness (QED) is 0.203. The minimum atomic E-state index is -0.837. The van der Waals surface area contributed by atoms with Gasteiger partial charge in [0.2, 0.25) is 11.8 Å². The number of hydrogen-bond donors (Lipinski definition) is 1. The van der Waals surface area contributed by atoms with Crippen LogP contribution in [0.2, 0.25) is 0 Å². The summed E-state index contributed by atoms with van der Waals surface area (Å²) in [6, 6.07) is 6.23. The molecule has 1 aromatic carbocycles. The third-order valence-corrected chi connectivity index (χ3v) is 9.19. The zero-order valence-corrected chi connectivity index (χ0v) is 27.4. The van der Waals surface area contributed by atoms with Crippen molar-refractivity contribution in [3.8, 4) is 11.1 Å². The first kappa shape index (κ1) is 30.9. The second-order valence-corrected chi connectivity index (χ2v) is 13.2. The van der Waals surface area contributed by atoms with Crippen molar-refractivity contribution in [2.45, 2.75) is 58.9 Å². The molecule has 1 saturated carbocycles. The van der Waals surface area contributed by atoms with E-state index in [1.807, 2.05) is 27.1 Å². The van der Waals surface area contributed by atoms with E-state index in [0.717, 1.165) is 18.5 Å². The van der Waals surface area contributed by atoms with Gasteiger partial charge in [0.25, 0.3) is 0 Å². The predicted octanol–water partition coefficient (Wildman–Crippen LogP) is 4.50. The fourth-order valence-corrected chi connectivity index (χ4v) is 7.01. The molecular formula is C32H34BrFN8O3. The zero-order valence-electron chi connectivity index (χ0n) is 25.8. The summed E-state index contributed by atoms with van der Waals surface area (Å²) in [6.07, 6.45) is 4.58. The second kappa shape index (κ2) is 11.7. The van der Waals surface area contributed by atoms with Gasteiger partial charge in [-0.15, -0.1) is 0 Å². The molecule has 4 aromatic rings. The monoisotopic (exact) mass is 676 g/mol. The number of piperidine rings is 1. The Balaban J connectivity index is 1.36. The van der Waals surface area contributed by atoms with Crippen molar-refractivity contribution in [3.63, 3.8) is 0 Å². The Morgan fingerprint density at radius 2 is 1.84 bits per heavy atom. The highest BCUT2D eigenvalue weighted by Crippen LogP contribution is 2.60. The number of aryl methyl sites for hydroxylation is 2. The molecule has 2 amide bonds. The molecule has 2 aliphatic rings. The molecule has 0 spiro atoms. The maximum absolute atomic E-state index is 14.6. The summed E-state index contributed by atoms with van der Waals surface area (Å²) < 4.78 is 16.6. The van der Waals surface area contributed by atoms with Gasteiger partial charge in [-0.2, -0.15) is 5.10 Å². The Kier molecular flexibility index (Phi) is 8.02. The summed E-state index contributed by atoms with van der Waals surface area (Å²) in [4.78, 5) is 57.3. The third-order valence-electron chi connectivity index (χ3n) is 8.74. The maximum atomic E-state index is 14.6. The molecule has 4 heterocycles. The predicted molar refractivity (Wildman–Crippen MR) is 170 cm³/mol. The van der Waals surface area contributed by atoms with E-state index in [0.29, 0.717) is 44.7 Å². The molecule has 0 bridgehead atoms. The molecule has 1 aliphatic heterocycles. The lowest BCUT2D eigenvalue weighted by molar-refractivity contribution is -0.138. The first-order valence-electron chi connectivity index (χ1n) is 14.7. The van der Waals surface area contributed by atoms with Gasteiger partial charge in [-0.25, -0.2) is 19.3 Å². The number of carbonyl (C=O) groups is 3. The van der Waals surface area contributed by atoms with E-state index < -0.39 is 12.7 Å². The Morgan fingerprint density at radius 3 is 2.51 bits per heavy atom. The van der Waals surface area contributed by atoms with E-state index in [2.05, 4.69) is 46.2 Å². The van der Waals surface area contributed by atoms with Crippen molar-refractivity contribution in [1.82, 2.24) is 34.5 Å². The Morgan fingerprint density at radius 1 is 1.11 bits per heavy atom. The van der Waals surface area contributed by atoms with E-state index in [-0.39, 0.29) is 46.9 Å². The molecule has 3 aromatic heterocycles. The number of likely N-dealkylation sites (tertiary alicyclic amines) is 1. The normalized spacial score (nSPS) is 20.5. The highest BCUT2D eigenvalue weighted by molar-refractivity contribution is 9.10. The van der Waals surface area contributed by atoms with Crippen LogP contribution in [-0.4, -0.2) is 84.9 Å². The summed E-state index contributed by atoms with van der Waals surface area (Å²) >= 11 is 3.36. The summed E-state index contributed by atoms with van der Waals surface area (Å²) in [5, 5.41) is 7.90. The lowest BCUT2D eigenvalue weighted by Crippen LogP contribution is -2.47. The van der Waals surface area contributed by atoms with Crippen LogP contribution in [0, 0.1) is 19.3 Å². The number of aromatic nitrogens is 5. The average Bonchev–Trinajstić information content (AvgIpc) is 3.38. The van der Waals surface area contributed by atoms with Crippen LogP contribution in [0.15, 0.2) is 41.3 Å². The standard InChI is InChI=1S/C32H34BrFN8O3/c1-17-6-7-26(33)37-30(17)38-31(45)24-10-32(16-40(4)5)11-25(32)42(24)27(44)15-41-29-21(12-34)8-20(22-13-35-19(3)36-14-22)9-23(29)28(39-41)18(2)43/h6-9,13-14,24-25H,10-12,15-16H2,1-5H3,(H,37,38,45)/t24-,25+,32-/m0/s1. The fourth-order valence-electron chi connectivity index (χ4n) is 6.70. The molecule has 0 radical (unpaired) electrons. The van der Waals surface area contributed by atoms with Crippen LogP contribution in [0.4, 0.5) is 10.2 Å². The number of hydrogen-bond acceptors (Lipinski definition) is 8. The largest absolute Gasteiger partial charge is 0.325 e. The number of amides is 2. The molecule has 3 atom stereocenters. The van der Waals surface area contributed by atoms with E-state index in [9.17, 15) is 18.8 Å². The van der Waals surface area contributed by atoms with Crippen LogP contribution in [0.1, 0.15) is 47.2 Å². The van der Waals surface area contributed by atoms with Gasteiger partial charge in [-0.05, 0) is 86.0 Å². The van der Waals surface area contributed by atoms with Crippen molar-refractivity contribution < 1.29 is 18.8 Å². The molecule has 234 valence electrons. The van der Waals surface area contributed by atoms with Gasteiger partial charge in [0.1, 0.15) is 41.2 Å². The van der Waals surface area contributed by atoms with Gasteiger partial charge in [0, 0.05) is 53.8 Å². The summed E-state index contributed by atoms with van der Waals surface area (Å²) in [5.74, 6) is 0.0823. The average molecular weight is 678 g/mol. The van der Waals surface area contributed by atoms with Crippen LogP contribution < -0.4 is 5.32 Å². The molecule has 45 heavy (non-hydrogen) atoms. The van der Waals surface area contributed by atoms with Crippen molar-refractivity contribution in [2.24, 2.45) is 5.41 Å². The Bertz CT molecular complexity index is 1840. The number of ketones is 1. The Hall–Kier alpha value is -4.10. The molecule has 13 heteroatoms. The number of benzene rings is 1. The second-order valence-electron chi connectivity index (χ2n) is 12.4. The number of rotatable bonds is 9. The fraction of sp³-hybridized carbons (Fsp3) is 0.406. The first-order valence-corrected chi connectivity index (χ1v) is 15.5. The summed E-state index contributed by atoms with van der Waals surface area (Å²) in [7, 11) is 3.96. The van der Waals surface area contributed by atoms with Crippen LogP contribution in [0.3, 0.4) is 0 Å². The van der Waals surface area contributed by atoms with Crippen LogP contribution >= 0.6 is 15.9 Å². The van der Waals surface area contributed by atoms with E-state index in [4.69, 9.17) is 0 Å². The minimum absolute atomic E-state index is 0.123. The lowest BCUT2D eigenvalue weighted by atomic mass is 9.98. The van der Waals surface area contributed by atoms with E-state index in [1.54, 1.807) is 42.4 Å². The highest BCUT2D eigenvalue weighted by Gasteiger charge is 2.67. The first-order chi connectivity index (χ1) is 21.4. The highest BCUT2D eigenvalue weighted by atomic mass is 79.9. The number of halogens is 2. The Labute approximate surface area is 268 Å². The molecule has 2 fully saturated rings. The van der Waals surface area contributed by atoms with Gasteiger partial charge < -0.3 is 15.1 Å². The SMILES string of the molecule is CC(=O)c1nn(CC(=O)N2[C@H](C(=O)Nc3nc(Br)ccc3C)C[C@@]3(CN(C)C)C[C@@H]23)c2c(CF)cc(-c3cnc(C)nc3)cc12. The van der Waals surface area contributed by atoms with Crippen molar-refractivity contribution >= 4 is 50.2 Å². The van der Waals surface area contributed by atoms with Gasteiger partial charge in [-0.3, -0.25) is 19.1 Å². The number of Topliss-reactive ketones (excluding diaryl/α,β-unsaturated/α-hetero) is 1. The van der Waals surface area contributed by atoms with Crippen LogP contribution in [0.5, 0.6) is 0 Å². The topological polar surface area (TPSA) is 126 Å². The number of alkyl halides is 1. The van der Waals surface area contributed by atoms with Crippen molar-refractivity contribution in [2.75, 3.05) is 26.0 Å². The lowest BCUT2D eigenvalue weighted by Gasteiger charge is -2.27. The van der Waals surface area contributed by atoms with E-state index >= 15 is 0 Å². The van der Waals surface area contributed by atoms with Crippen LogP contribution in [-0.2, 0) is 22.8 Å². The molecular weight excluding hydrogens is 643 g/mol. The third kappa shape index (κ3) is 5.74. The van der Waals surface area contributed by atoms with Gasteiger partial charge >= 0.3 is 0 Å². The smallest absolute Gasteiger partial charge is 0.248 e. The number of anilines is 1. The number of nitrogens with one attached hydrogen (secondary N) is 1. The van der Waals surface area contributed by atoms with Gasteiger partial charge in [0.05, 0.1) is 5.52 Å². The molecule has 11 nitrogen and oxygen atoms in total. The molecule has 6 rings (SSSR count). The molecule has 1 N–H and O–H groups in total. The van der Waals surface area contributed by atoms with Crippen molar-refractivity contribution in [1.29, 1.82) is 0 Å². The summed E-state index contributed by atoms with van der Waals surface area (Å²) in [6.45, 7) is 4.66. The number of fused-ring (bicyclic) bond motifs is 2. The maximum Gasteiger partial charge on any atom is 0.248 e. The van der Waals surface area contributed by atoms with Crippen LogP contribution in [0.25, 0.3) is 22.0 Å². The number of carbonyl (C=O) groups excluding carboxylic acids is 3. The zero-order chi connectivity index (χ0) is 32.2. The number of pyridine rings is 1. The molecule has 1 aliphatic carbocycles. The van der Waals surface area contributed by atoms with Gasteiger partial charge in [-0.1, -0.05) is 6.07 Å². The van der Waals surface area contributed by atoms with Crippen molar-refractivity contribution in [3.05, 3.63) is 63.9 Å². The van der Waals surface area contributed by atoms with E-state index in [1.165, 1.54) is 11.6 Å². The number of nitrogens with zero attached hydrogens (tertiary/aromatic N) is 7. The summed E-state index contributed by atoms with van der Waals surface area (Å²) in [5.41, 5.74) is 2.71. The molecule has 1 saturated heterocycles. The van der Waals surface area contributed by atoms with Gasteiger partial charge in [0.15, 0.2) is 5.78 Å². The minimum Gasteiger partial charge on any atom is -0.325 e. The molecule has 0 unspecified atom stereocenters.